The molecule has 1 saturated carbocycles. The van der Waals surface area contributed by atoms with Crippen LogP contribution in [0.25, 0.3) is 21.3 Å². The van der Waals surface area contributed by atoms with Crippen molar-refractivity contribution in [3.8, 4) is 17.0 Å². The molecule has 12 heteroatoms. The monoisotopic (exact) mass is 506 g/mol. The fourth-order valence-corrected chi connectivity index (χ4v) is 6.03. The molecule has 1 fully saturated rings. The minimum Gasteiger partial charge on any atom is -0.479 e. The molecule has 4 rings (SSSR count). The van der Waals surface area contributed by atoms with Crippen LogP contribution in [-0.4, -0.2) is 56.2 Å². The van der Waals surface area contributed by atoms with E-state index in [4.69, 9.17) is 4.74 Å². The van der Waals surface area contributed by atoms with Gasteiger partial charge in [0.1, 0.15) is 5.01 Å². The minimum absolute atomic E-state index is 0.0909. The van der Waals surface area contributed by atoms with Crippen molar-refractivity contribution in [3.63, 3.8) is 0 Å². The van der Waals surface area contributed by atoms with Gasteiger partial charge in [0.15, 0.2) is 20.9 Å². The van der Waals surface area contributed by atoms with Crippen LogP contribution in [0.5, 0.6) is 5.88 Å². The Bertz CT molecular complexity index is 1390. The first-order valence-electron chi connectivity index (χ1n) is 10.4. The number of pyridine rings is 1. The molecule has 1 aliphatic rings. The fourth-order valence-electron chi connectivity index (χ4n) is 3.50. The molecule has 2 aromatic heterocycles. The number of nitrogens with zero attached hydrogens (tertiary/aromatic N) is 2. The number of carbonyl (C=O) groups excluding carboxylic acids is 2. The summed E-state index contributed by atoms with van der Waals surface area (Å²) >= 11 is 1.05. The number of methoxy groups -OCH3 is 1. The highest BCUT2D eigenvalue weighted by atomic mass is 32.2. The molecule has 0 spiro atoms. The zero-order valence-corrected chi connectivity index (χ0v) is 20.3. The lowest BCUT2D eigenvalue weighted by Crippen LogP contribution is -2.41. The summed E-state index contributed by atoms with van der Waals surface area (Å²) in [4.78, 5) is 33.0. The molecule has 0 radical (unpaired) electrons. The van der Waals surface area contributed by atoms with Gasteiger partial charge in [0, 0.05) is 24.1 Å². The van der Waals surface area contributed by atoms with Crippen LogP contribution in [0.2, 0.25) is 0 Å². The molecular formula is C22H23FN4O5S2. The van der Waals surface area contributed by atoms with Crippen LogP contribution >= 0.6 is 11.3 Å². The van der Waals surface area contributed by atoms with E-state index >= 15 is 0 Å². The van der Waals surface area contributed by atoms with Crippen LogP contribution in [-0.2, 0) is 19.4 Å². The van der Waals surface area contributed by atoms with E-state index < -0.39 is 26.8 Å². The van der Waals surface area contributed by atoms with Crippen molar-refractivity contribution in [2.24, 2.45) is 0 Å². The van der Waals surface area contributed by atoms with Crippen LogP contribution in [0, 0.1) is 12.7 Å². The average Bonchev–Trinajstić information content (AvgIpc) is 3.48. The zero-order chi connectivity index (χ0) is 24.6. The molecule has 3 aromatic rings. The van der Waals surface area contributed by atoms with Gasteiger partial charge < -0.3 is 15.4 Å². The molecule has 2 N–H and O–H groups in total. The standard InChI is InChI=1S/C22H23FN4O5S2/c1-11-6-16-17(8-14(11)12-7-15(23)21(32-2)25-9-12)33-22(27-16)19(34(3,30)31)20(29)24-10-18(28)26-13-4-5-13/h6-9,13,19H,4-5,10H2,1-3H3,(H,24,29)(H,26,28). The van der Waals surface area contributed by atoms with Crippen LogP contribution in [0.4, 0.5) is 4.39 Å². The number of benzene rings is 1. The Labute approximate surface area is 199 Å². The highest BCUT2D eigenvalue weighted by molar-refractivity contribution is 7.91. The van der Waals surface area contributed by atoms with Crippen molar-refractivity contribution in [1.29, 1.82) is 0 Å². The number of carbonyl (C=O) groups is 2. The number of amides is 2. The third-order valence-electron chi connectivity index (χ3n) is 5.32. The molecule has 1 atom stereocenters. The Morgan fingerprint density at radius 2 is 2.03 bits per heavy atom. The smallest absolute Gasteiger partial charge is 0.250 e. The number of hydrogen-bond donors (Lipinski definition) is 2. The minimum atomic E-state index is -3.88. The third-order valence-corrected chi connectivity index (χ3v) is 7.84. The van der Waals surface area contributed by atoms with Gasteiger partial charge in [-0.25, -0.2) is 22.8 Å². The molecule has 180 valence electrons. The van der Waals surface area contributed by atoms with Crippen molar-refractivity contribution in [2.75, 3.05) is 19.9 Å². The molecule has 1 aliphatic carbocycles. The van der Waals surface area contributed by atoms with Gasteiger partial charge in [0.25, 0.3) is 0 Å². The van der Waals surface area contributed by atoms with E-state index in [-0.39, 0.29) is 29.4 Å². The van der Waals surface area contributed by atoms with Gasteiger partial charge in [0.2, 0.25) is 17.7 Å². The number of nitrogens with one attached hydrogen (secondary N) is 2. The molecule has 0 saturated heterocycles. The van der Waals surface area contributed by atoms with Gasteiger partial charge in [0.05, 0.1) is 23.9 Å². The van der Waals surface area contributed by atoms with Crippen LogP contribution in [0.1, 0.15) is 28.7 Å². The van der Waals surface area contributed by atoms with Gasteiger partial charge in [-0.05, 0) is 49.1 Å². The molecule has 9 nitrogen and oxygen atoms in total. The molecule has 1 unspecified atom stereocenters. The Kier molecular flexibility index (Phi) is 6.54. The molecular weight excluding hydrogens is 483 g/mol. The predicted octanol–water partition coefficient (Wildman–Crippen LogP) is 2.29. The fraction of sp³-hybridized carbons (Fsp3) is 0.364. The second-order valence-electron chi connectivity index (χ2n) is 8.17. The highest BCUT2D eigenvalue weighted by Crippen LogP contribution is 2.35. The van der Waals surface area contributed by atoms with Crippen molar-refractivity contribution in [3.05, 3.63) is 40.8 Å². The van der Waals surface area contributed by atoms with E-state index in [0.29, 0.717) is 21.3 Å². The molecule has 2 heterocycles. The van der Waals surface area contributed by atoms with Crippen LogP contribution < -0.4 is 15.4 Å². The topological polar surface area (TPSA) is 127 Å². The van der Waals surface area contributed by atoms with E-state index in [1.54, 1.807) is 12.1 Å². The van der Waals surface area contributed by atoms with Crippen LogP contribution in [0.15, 0.2) is 24.4 Å². The molecule has 34 heavy (non-hydrogen) atoms. The Hall–Kier alpha value is -3.12. The van der Waals surface area contributed by atoms with E-state index in [1.165, 1.54) is 19.4 Å². The van der Waals surface area contributed by atoms with Crippen LogP contribution in [0.3, 0.4) is 0 Å². The number of aryl methyl sites for hydroxylation is 1. The number of aromatic nitrogens is 2. The number of halogens is 1. The van der Waals surface area contributed by atoms with Gasteiger partial charge in [-0.1, -0.05) is 0 Å². The largest absolute Gasteiger partial charge is 0.479 e. The van der Waals surface area contributed by atoms with Gasteiger partial charge in [-0.3, -0.25) is 9.59 Å². The third kappa shape index (κ3) is 5.17. The summed E-state index contributed by atoms with van der Waals surface area (Å²) in [6.07, 6.45) is 4.24. The number of thiazole rings is 1. The maximum absolute atomic E-state index is 14.2. The average molecular weight is 507 g/mol. The van der Waals surface area contributed by atoms with Gasteiger partial charge in [-0.2, -0.15) is 0 Å². The second-order valence-corrected chi connectivity index (χ2v) is 11.4. The zero-order valence-electron chi connectivity index (χ0n) is 18.7. The molecule has 2 amide bonds. The SMILES string of the molecule is COc1ncc(-c2cc3sc(C(C(=O)NCC(=O)NC4CC4)S(C)(=O)=O)nc3cc2C)cc1F. The normalized spacial score (nSPS) is 14.6. The lowest BCUT2D eigenvalue weighted by molar-refractivity contribution is -0.126. The molecule has 0 aliphatic heterocycles. The second kappa shape index (κ2) is 9.26. The molecule has 1 aromatic carbocycles. The summed E-state index contributed by atoms with van der Waals surface area (Å²) in [5.74, 6) is -1.90. The van der Waals surface area contributed by atoms with Crippen molar-refractivity contribution >= 4 is 43.2 Å². The summed E-state index contributed by atoms with van der Waals surface area (Å²) in [6, 6.07) is 4.94. The van der Waals surface area contributed by atoms with Crippen molar-refractivity contribution < 1.29 is 27.1 Å². The highest BCUT2D eigenvalue weighted by Gasteiger charge is 2.34. The summed E-state index contributed by atoms with van der Waals surface area (Å²) in [6.45, 7) is 1.50. The first kappa shape index (κ1) is 24.0. The number of fused-ring (bicyclic) bond motifs is 1. The van der Waals surface area contributed by atoms with Crippen molar-refractivity contribution in [1.82, 2.24) is 20.6 Å². The first-order valence-corrected chi connectivity index (χ1v) is 13.2. The lowest BCUT2D eigenvalue weighted by Gasteiger charge is -2.12. The predicted molar refractivity (Wildman–Crippen MR) is 126 cm³/mol. The first-order chi connectivity index (χ1) is 16.1. The number of hydrogen-bond acceptors (Lipinski definition) is 8. The van der Waals surface area contributed by atoms with E-state index in [2.05, 4.69) is 20.6 Å². The lowest BCUT2D eigenvalue weighted by atomic mass is 10.0. The quantitative estimate of drug-likeness (QED) is 0.480. The Balaban J connectivity index is 1.64. The maximum atomic E-state index is 14.2. The number of ether oxygens (including phenoxy) is 1. The van der Waals surface area contributed by atoms with Crippen molar-refractivity contribution in [2.45, 2.75) is 31.1 Å². The summed E-state index contributed by atoms with van der Waals surface area (Å²) < 4.78 is 44.6. The van der Waals surface area contributed by atoms with E-state index in [1.807, 2.05) is 6.92 Å². The van der Waals surface area contributed by atoms with Gasteiger partial charge in [-0.15, -0.1) is 11.3 Å². The Morgan fingerprint density at radius 3 is 2.65 bits per heavy atom. The molecule has 0 bridgehead atoms. The summed E-state index contributed by atoms with van der Waals surface area (Å²) in [5, 5.41) is 3.67. The Morgan fingerprint density at radius 1 is 1.29 bits per heavy atom. The number of rotatable bonds is 8. The van der Waals surface area contributed by atoms with E-state index in [0.717, 1.165) is 36.0 Å². The summed E-state index contributed by atoms with van der Waals surface area (Å²) in [5.41, 5.74) is 2.49. The van der Waals surface area contributed by atoms with Gasteiger partial charge >= 0.3 is 0 Å². The summed E-state index contributed by atoms with van der Waals surface area (Å²) in [7, 11) is -2.55. The van der Waals surface area contributed by atoms with E-state index in [9.17, 15) is 22.4 Å². The number of sulfone groups is 1. The maximum Gasteiger partial charge on any atom is 0.250 e.